The van der Waals surface area contributed by atoms with Gasteiger partial charge in [0.1, 0.15) is 22.4 Å². The minimum atomic E-state index is -0.515. The summed E-state index contributed by atoms with van der Waals surface area (Å²) < 4.78 is 5.19. The lowest BCUT2D eigenvalue weighted by molar-refractivity contribution is -0.117. The number of rotatable bonds is 6. The van der Waals surface area contributed by atoms with E-state index in [-0.39, 0.29) is 11.5 Å². The highest BCUT2D eigenvalue weighted by molar-refractivity contribution is 8.05. The molecule has 0 spiro atoms. The van der Waals surface area contributed by atoms with Crippen molar-refractivity contribution in [1.82, 2.24) is 5.32 Å². The van der Waals surface area contributed by atoms with Crippen molar-refractivity contribution in [2.45, 2.75) is 25.0 Å². The molecule has 1 aliphatic heterocycles. The molecule has 2 amide bonds. The summed E-state index contributed by atoms with van der Waals surface area (Å²) in [5.41, 5.74) is 2.78. The Hall–Kier alpha value is -3.24. The van der Waals surface area contributed by atoms with Gasteiger partial charge in [-0.05, 0) is 48.2 Å². The fourth-order valence-electron chi connectivity index (χ4n) is 3.20. The predicted molar refractivity (Wildman–Crippen MR) is 118 cm³/mol. The molecule has 154 valence electrons. The van der Waals surface area contributed by atoms with Crippen molar-refractivity contribution >= 4 is 29.3 Å². The molecule has 1 saturated heterocycles. The van der Waals surface area contributed by atoms with E-state index in [2.05, 4.69) is 24.4 Å². The Morgan fingerprint density at radius 3 is 2.33 bits per heavy atom. The Balaban J connectivity index is 1.99. The molecule has 1 heterocycles. The summed E-state index contributed by atoms with van der Waals surface area (Å²) in [6.07, 6.45) is 1.46. The van der Waals surface area contributed by atoms with Gasteiger partial charge in [-0.2, -0.15) is 5.26 Å². The largest absolute Gasteiger partial charge is 0.497 e. The third kappa shape index (κ3) is 4.34. The fraction of sp³-hybridized carbons (Fsp3) is 0.261. The highest BCUT2D eigenvalue weighted by Gasteiger charge is 2.40. The Kier molecular flexibility index (Phi) is 6.80. The maximum absolute atomic E-state index is 13.3. The van der Waals surface area contributed by atoms with E-state index in [9.17, 15) is 14.9 Å². The van der Waals surface area contributed by atoms with Gasteiger partial charge >= 0.3 is 0 Å². The van der Waals surface area contributed by atoms with Crippen molar-refractivity contribution in [3.05, 3.63) is 70.3 Å². The van der Waals surface area contributed by atoms with Gasteiger partial charge in [-0.3, -0.25) is 14.5 Å². The zero-order valence-corrected chi connectivity index (χ0v) is 18.0. The maximum atomic E-state index is 13.3. The van der Waals surface area contributed by atoms with Crippen LogP contribution in [0.2, 0.25) is 0 Å². The minimum absolute atomic E-state index is 0.0736. The minimum Gasteiger partial charge on any atom is -0.497 e. The van der Waals surface area contributed by atoms with Crippen molar-refractivity contribution in [3.8, 4) is 11.8 Å². The van der Waals surface area contributed by atoms with Crippen LogP contribution in [0, 0.1) is 11.3 Å². The number of hydrogen-bond acceptors (Lipinski definition) is 5. The molecule has 0 radical (unpaired) electrons. The Morgan fingerprint density at radius 2 is 1.80 bits per heavy atom. The van der Waals surface area contributed by atoms with Crippen LogP contribution < -0.4 is 15.0 Å². The zero-order valence-electron chi connectivity index (χ0n) is 17.1. The van der Waals surface area contributed by atoms with Crippen molar-refractivity contribution < 1.29 is 14.3 Å². The number of benzene rings is 2. The van der Waals surface area contributed by atoms with Gasteiger partial charge in [-0.25, -0.2) is 0 Å². The fourth-order valence-corrected chi connectivity index (χ4v) is 4.51. The van der Waals surface area contributed by atoms with E-state index >= 15 is 0 Å². The maximum Gasteiger partial charge on any atom is 0.264 e. The SMILES string of the molecule is CCc1ccc(CC2S/C(=C(/C#N)C(=O)NC)N(c3ccc(OC)cc3)C2=O)cc1. The van der Waals surface area contributed by atoms with Crippen LogP contribution in [0.3, 0.4) is 0 Å². The first-order valence-corrected chi connectivity index (χ1v) is 10.5. The number of hydrogen-bond donors (Lipinski definition) is 1. The summed E-state index contributed by atoms with van der Waals surface area (Å²) in [6.45, 7) is 2.09. The summed E-state index contributed by atoms with van der Waals surface area (Å²) in [4.78, 5) is 27.1. The number of thioether (sulfide) groups is 1. The first-order chi connectivity index (χ1) is 14.5. The summed E-state index contributed by atoms with van der Waals surface area (Å²) in [5, 5.41) is 12.0. The van der Waals surface area contributed by atoms with Crippen LogP contribution in [0.4, 0.5) is 5.69 Å². The summed E-state index contributed by atoms with van der Waals surface area (Å²) in [5.74, 6) is -0.0152. The first kappa shape index (κ1) is 21.5. The van der Waals surface area contributed by atoms with E-state index in [1.807, 2.05) is 18.2 Å². The number of anilines is 1. The molecule has 1 fully saturated rings. The van der Waals surface area contributed by atoms with Crippen LogP contribution in [0.25, 0.3) is 0 Å². The third-order valence-corrected chi connectivity index (χ3v) is 6.18. The molecule has 3 rings (SSSR count). The molecule has 0 bridgehead atoms. The summed E-state index contributed by atoms with van der Waals surface area (Å²) >= 11 is 1.25. The molecule has 0 aliphatic carbocycles. The molecular formula is C23H23N3O3S. The number of nitrogens with one attached hydrogen (secondary N) is 1. The molecule has 0 saturated carbocycles. The van der Waals surface area contributed by atoms with Gasteiger partial charge < -0.3 is 10.1 Å². The Morgan fingerprint density at radius 1 is 1.17 bits per heavy atom. The smallest absolute Gasteiger partial charge is 0.264 e. The first-order valence-electron chi connectivity index (χ1n) is 9.61. The number of nitrogens with zero attached hydrogens (tertiary/aromatic N) is 2. The summed E-state index contributed by atoms with van der Waals surface area (Å²) in [7, 11) is 3.03. The van der Waals surface area contributed by atoms with Crippen molar-refractivity contribution in [2.24, 2.45) is 0 Å². The van der Waals surface area contributed by atoms with Crippen molar-refractivity contribution in [3.63, 3.8) is 0 Å². The number of amides is 2. The van der Waals surface area contributed by atoms with Gasteiger partial charge in [0.15, 0.2) is 0 Å². The molecule has 6 nitrogen and oxygen atoms in total. The van der Waals surface area contributed by atoms with Crippen LogP contribution in [0.5, 0.6) is 5.75 Å². The van der Waals surface area contributed by atoms with Crippen LogP contribution in [-0.4, -0.2) is 31.2 Å². The van der Waals surface area contributed by atoms with Crippen LogP contribution in [0.15, 0.2) is 59.1 Å². The molecule has 1 atom stereocenters. The summed E-state index contributed by atoms with van der Waals surface area (Å²) in [6, 6.07) is 17.1. The van der Waals surface area contributed by atoms with Gasteiger partial charge in [0.25, 0.3) is 5.91 Å². The number of methoxy groups -OCH3 is 1. The highest BCUT2D eigenvalue weighted by atomic mass is 32.2. The van der Waals surface area contributed by atoms with E-state index in [1.165, 1.54) is 29.3 Å². The number of carbonyl (C=O) groups excluding carboxylic acids is 2. The molecule has 1 aliphatic rings. The standard InChI is InChI=1S/C23H23N3O3S/c1-4-15-5-7-16(8-6-15)13-20-22(28)26(17-9-11-18(29-3)12-10-17)23(30-20)19(14-24)21(27)25-2/h5-12,20H,4,13H2,1-3H3,(H,25,27)/b23-19-. The van der Waals surface area contributed by atoms with Crippen LogP contribution in [0.1, 0.15) is 18.1 Å². The van der Waals surface area contributed by atoms with E-state index in [1.54, 1.807) is 31.4 Å². The van der Waals surface area contributed by atoms with Gasteiger partial charge in [-0.1, -0.05) is 43.0 Å². The lowest BCUT2D eigenvalue weighted by atomic mass is 10.1. The number of aryl methyl sites for hydroxylation is 1. The Bertz CT molecular complexity index is 1010. The number of likely N-dealkylation sites (N-methyl/N-ethyl adjacent to an activating group) is 1. The second kappa shape index (κ2) is 9.51. The number of ether oxygens (including phenoxy) is 1. The third-order valence-electron chi connectivity index (χ3n) is 4.92. The van der Waals surface area contributed by atoms with Crippen LogP contribution in [-0.2, 0) is 22.4 Å². The second-order valence-corrected chi connectivity index (χ2v) is 7.91. The monoisotopic (exact) mass is 421 g/mol. The topological polar surface area (TPSA) is 82.4 Å². The van der Waals surface area contributed by atoms with Crippen LogP contribution >= 0.6 is 11.8 Å². The molecule has 2 aromatic carbocycles. The zero-order chi connectivity index (χ0) is 21.7. The second-order valence-electron chi connectivity index (χ2n) is 6.72. The lowest BCUT2D eigenvalue weighted by Crippen LogP contribution is -2.31. The number of nitriles is 1. The van der Waals surface area contributed by atoms with Gasteiger partial charge in [-0.15, -0.1) is 0 Å². The molecular weight excluding hydrogens is 398 g/mol. The average Bonchev–Trinajstić information content (AvgIpc) is 3.10. The highest BCUT2D eigenvalue weighted by Crippen LogP contribution is 2.42. The van der Waals surface area contributed by atoms with E-state index in [0.717, 1.165) is 12.0 Å². The van der Waals surface area contributed by atoms with Crippen molar-refractivity contribution in [2.75, 3.05) is 19.1 Å². The quantitative estimate of drug-likeness (QED) is 0.571. The lowest BCUT2D eigenvalue weighted by Gasteiger charge is -2.18. The molecule has 30 heavy (non-hydrogen) atoms. The number of carbonyl (C=O) groups is 2. The van der Waals surface area contributed by atoms with E-state index in [4.69, 9.17) is 4.74 Å². The normalized spacial score (nSPS) is 17.5. The van der Waals surface area contributed by atoms with Crippen molar-refractivity contribution in [1.29, 1.82) is 5.26 Å². The predicted octanol–water partition coefficient (Wildman–Crippen LogP) is 3.43. The molecule has 0 aromatic heterocycles. The molecule has 1 N–H and O–H groups in total. The average molecular weight is 422 g/mol. The van der Waals surface area contributed by atoms with Gasteiger partial charge in [0.05, 0.1) is 12.4 Å². The Labute approximate surface area is 180 Å². The molecule has 1 unspecified atom stereocenters. The van der Waals surface area contributed by atoms with E-state index in [0.29, 0.717) is 22.9 Å². The van der Waals surface area contributed by atoms with E-state index < -0.39 is 11.2 Å². The van der Waals surface area contributed by atoms with Gasteiger partial charge in [0.2, 0.25) is 5.91 Å². The van der Waals surface area contributed by atoms with Gasteiger partial charge in [0, 0.05) is 12.7 Å². The molecule has 2 aromatic rings. The molecule has 7 heteroatoms.